The fraction of sp³-hybridized carbons (Fsp3) is 0.917. The number of β-amino-alcohol motifs (C(OH)–C–C–N with tert-alkyl or cyclic N) is 1. The third-order valence-corrected chi connectivity index (χ3v) is 3.22. The SMILES string of the molecule is C[C@@H]1CCN(C(=O)OC(C)(C)C)C[C@]1(O)C(F)(F)F. The Morgan fingerprint density at radius 1 is 1.37 bits per heavy atom. The van der Waals surface area contributed by atoms with E-state index in [0.717, 1.165) is 4.90 Å². The minimum absolute atomic E-state index is 0.0786. The zero-order valence-corrected chi connectivity index (χ0v) is 11.5. The van der Waals surface area contributed by atoms with E-state index >= 15 is 0 Å². The molecule has 0 unspecified atom stereocenters. The van der Waals surface area contributed by atoms with Crippen LogP contribution in [0.4, 0.5) is 18.0 Å². The van der Waals surface area contributed by atoms with E-state index in [9.17, 15) is 23.1 Å². The average Bonchev–Trinajstić information content (AvgIpc) is 2.17. The van der Waals surface area contributed by atoms with Crippen molar-refractivity contribution < 1.29 is 27.8 Å². The summed E-state index contributed by atoms with van der Waals surface area (Å²) in [6.07, 6.45) is -5.52. The van der Waals surface area contributed by atoms with Gasteiger partial charge in [-0.25, -0.2) is 4.79 Å². The van der Waals surface area contributed by atoms with Gasteiger partial charge in [0.2, 0.25) is 0 Å². The number of carbonyl (C=O) groups excluding carboxylic acids is 1. The van der Waals surface area contributed by atoms with Crippen molar-refractivity contribution in [2.45, 2.75) is 51.5 Å². The molecule has 0 aliphatic carbocycles. The van der Waals surface area contributed by atoms with Gasteiger partial charge in [-0.05, 0) is 33.1 Å². The number of likely N-dealkylation sites (tertiary alicyclic amines) is 1. The predicted molar refractivity (Wildman–Crippen MR) is 62.6 cm³/mol. The first kappa shape index (κ1) is 16.1. The molecule has 1 heterocycles. The number of nitrogens with zero attached hydrogens (tertiary/aromatic N) is 1. The lowest BCUT2D eigenvalue weighted by molar-refractivity contribution is -0.288. The highest BCUT2D eigenvalue weighted by Crippen LogP contribution is 2.41. The number of halogens is 3. The zero-order chi connectivity index (χ0) is 15.1. The van der Waals surface area contributed by atoms with E-state index in [1.807, 2.05) is 0 Å². The summed E-state index contributed by atoms with van der Waals surface area (Å²) in [6.45, 7) is 5.59. The molecule has 1 aliphatic heterocycles. The topological polar surface area (TPSA) is 49.8 Å². The van der Waals surface area contributed by atoms with Crippen LogP contribution in [0, 0.1) is 5.92 Å². The van der Waals surface area contributed by atoms with Crippen molar-refractivity contribution in [3.05, 3.63) is 0 Å². The summed E-state index contributed by atoms with van der Waals surface area (Å²) in [5.74, 6) is -0.953. The molecule has 4 nitrogen and oxygen atoms in total. The van der Waals surface area contributed by atoms with Gasteiger partial charge in [-0.1, -0.05) is 6.92 Å². The van der Waals surface area contributed by atoms with Gasteiger partial charge in [0.15, 0.2) is 5.60 Å². The van der Waals surface area contributed by atoms with Gasteiger partial charge in [0, 0.05) is 6.54 Å². The molecule has 0 radical (unpaired) electrons. The van der Waals surface area contributed by atoms with E-state index in [-0.39, 0.29) is 13.0 Å². The maximum atomic E-state index is 12.9. The van der Waals surface area contributed by atoms with Crippen LogP contribution in [0.3, 0.4) is 0 Å². The largest absolute Gasteiger partial charge is 0.444 e. The van der Waals surface area contributed by atoms with Gasteiger partial charge < -0.3 is 14.7 Å². The number of ether oxygens (including phenoxy) is 1. The van der Waals surface area contributed by atoms with E-state index in [2.05, 4.69) is 0 Å². The number of amides is 1. The van der Waals surface area contributed by atoms with Crippen LogP contribution in [0.25, 0.3) is 0 Å². The predicted octanol–water partition coefficient (Wildman–Crippen LogP) is 2.56. The Morgan fingerprint density at radius 3 is 2.32 bits per heavy atom. The van der Waals surface area contributed by atoms with Gasteiger partial charge in [0.25, 0.3) is 0 Å². The molecule has 0 saturated carbocycles. The van der Waals surface area contributed by atoms with E-state index in [1.54, 1.807) is 20.8 Å². The van der Waals surface area contributed by atoms with Crippen LogP contribution < -0.4 is 0 Å². The molecule has 0 bridgehead atoms. The molecule has 0 aromatic carbocycles. The highest BCUT2D eigenvalue weighted by Gasteiger charge is 2.59. The average molecular weight is 283 g/mol. The second-order valence-corrected chi connectivity index (χ2v) is 6.01. The molecule has 7 heteroatoms. The third-order valence-electron chi connectivity index (χ3n) is 3.22. The number of rotatable bonds is 0. The smallest absolute Gasteiger partial charge is 0.419 e. The fourth-order valence-electron chi connectivity index (χ4n) is 1.97. The first-order valence-corrected chi connectivity index (χ1v) is 6.14. The van der Waals surface area contributed by atoms with Crippen molar-refractivity contribution in [2.24, 2.45) is 5.92 Å². The van der Waals surface area contributed by atoms with Crippen LogP contribution in [0.5, 0.6) is 0 Å². The molecule has 1 N–H and O–H groups in total. The van der Waals surface area contributed by atoms with Gasteiger partial charge in [0.1, 0.15) is 5.60 Å². The molecular formula is C12H20F3NO3. The maximum Gasteiger partial charge on any atom is 0.419 e. The minimum atomic E-state index is -4.77. The summed E-state index contributed by atoms with van der Waals surface area (Å²) in [5, 5.41) is 9.82. The number of aliphatic hydroxyl groups is 1. The highest BCUT2D eigenvalue weighted by atomic mass is 19.4. The summed E-state index contributed by atoms with van der Waals surface area (Å²) in [6, 6.07) is 0. The Bertz CT molecular complexity index is 351. The monoisotopic (exact) mass is 283 g/mol. The zero-order valence-electron chi connectivity index (χ0n) is 11.5. The number of carbonyl (C=O) groups is 1. The Labute approximate surface area is 110 Å². The molecule has 0 spiro atoms. The highest BCUT2D eigenvalue weighted by molar-refractivity contribution is 5.68. The summed E-state index contributed by atoms with van der Waals surface area (Å²) >= 11 is 0. The first-order chi connectivity index (χ1) is 8.37. The fourth-order valence-corrected chi connectivity index (χ4v) is 1.97. The van der Waals surface area contributed by atoms with E-state index in [4.69, 9.17) is 4.74 Å². The van der Waals surface area contributed by atoms with Crippen LogP contribution >= 0.6 is 0 Å². The second-order valence-electron chi connectivity index (χ2n) is 6.01. The van der Waals surface area contributed by atoms with Gasteiger partial charge in [-0.2, -0.15) is 13.2 Å². The van der Waals surface area contributed by atoms with Crippen LogP contribution in [0.1, 0.15) is 34.1 Å². The number of hydrogen-bond donors (Lipinski definition) is 1. The van der Waals surface area contributed by atoms with Crippen LogP contribution in [-0.2, 0) is 4.74 Å². The van der Waals surface area contributed by atoms with Crippen LogP contribution in [0.15, 0.2) is 0 Å². The van der Waals surface area contributed by atoms with Crippen LogP contribution in [0.2, 0.25) is 0 Å². The molecule has 0 aromatic heterocycles. The molecule has 1 aliphatic rings. The van der Waals surface area contributed by atoms with Crippen molar-refractivity contribution in [3.63, 3.8) is 0 Å². The quantitative estimate of drug-likeness (QED) is 0.743. The van der Waals surface area contributed by atoms with Crippen molar-refractivity contribution in [2.75, 3.05) is 13.1 Å². The van der Waals surface area contributed by atoms with Gasteiger partial charge in [-0.3, -0.25) is 0 Å². The Balaban J connectivity index is 2.84. The van der Waals surface area contributed by atoms with E-state index in [1.165, 1.54) is 6.92 Å². The first-order valence-electron chi connectivity index (χ1n) is 6.14. The normalized spacial score (nSPS) is 29.3. The lowest BCUT2D eigenvalue weighted by Gasteiger charge is -2.44. The molecule has 2 atom stereocenters. The van der Waals surface area contributed by atoms with Crippen molar-refractivity contribution in [1.29, 1.82) is 0 Å². The lowest BCUT2D eigenvalue weighted by Crippen LogP contribution is -2.62. The summed E-state index contributed by atoms with van der Waals surface area (Å²) < 4.78 is 43.8. The third kappa shape index (κ3) is 3.52. The van der Waals surface area contributed by atoms with Gasteiger partial charge >= 0.3 is 12.3 Å². The second kappa shape index (κ2) is 4.85. The van der Waals surface area contributed by atoms with Crippen molar-refractivity contribution >= 4 is 6.09 Å². The maximum absolute atomic E-state index is 12.9. The molecular weight excluding hydrogens is 263 g/mol. The van der Waals surface area contributed by atoms with Crippen LogP contribution in [-0.4, -0.2) is 46.6 Å². The Morgan fingerprint density at radius 2 is 1.89 bits per heavy atom. The summed E-state index contributed by atoms with van der Waals surface area (Å²) in [5.41, 5.74) is -3.65. The van der Waals surface area contributed by atoms with Crippen molar-refractivity contribution in [1.82, 2.24) is 4.90 Å². The molecule has 1 fully saturated rings. The van der Waals surface area contributed by atoms with E-state index < -0.39 is 35.9 Å². The molecule has 1 amide bonds. The number of hydrogen-bond acceptors (Lipinski definition) is 3. The molecule has 19 heavy (non-hydrogen) atoms. The minimum Gasteiger partial charge on any atom is -0.444 e. The standard InChI is InChI=1S/C12H20F3NO3/c1-8-5-6-16(9(17)19-10(2,3)4)7-11(8,18)12(13,14)15/h8,18H,5-7H2,1-4H3/t8-,11-/m1/s1. The Kier molecular flexibility index (Phi) is 4.10. The van der Waals surface area contributed by atoms with Gasteiger partial charge in [-0.15, -0.1) is 0 Å². The lowest BCUT2D eigenvalue weighted by atomic mass is 9.82. The van der Waals surface area contributed by atoms with Gasteiger partial charge in [0.05, 0.1) is 6.54 Å². The summed E-state index contributed by atoms with van der Waals surface area (Å²) in [4.78, 5) is 12.7. The summed E-state index contributed by atoms with van der Waals surface area (Å²) in [7, 11) is 0. The molecule has 1 saturated heterocycles. The van der Waals surface area contributed by atoms with Crippen molar-refractivity contribution in [3.8, 4) is 0 Å². The number of alkyl halides is 3. The Hall–Kier alpha value is -0.980. The molecule has 0 aromatic rings. The molecule has 112 valence electrons. The van der Waals surface area contributed by atoms with E-state index in [0.29, 0.717) is 0 Å². The number of piperidine rings is 1. The molecule has 1 rings (SSSR count).